The first-order chi connectivity index (χ1) is 12.1. The van der Waals surface area contributed by atoms with Crippen LogP contribution in [0.3, 0.4) is 0 Å². The van der Waals surface area contributed by atoms with E-state index in [1.165, 1.54) is 0 Å². The molecule has 6 nitrogen and oxygen atoms in total. The monoisotopic (exact) mass is 387 g/mol. The Labute approximate surface area is 163 Å². The predicted octanol–water partition coefficient (Wildman–Crippen LogP) is 2.47. The van der Waals surface area contributed by atoms with Crippen molar-refractivity contribution in [3.8, 4) is 0 Å². The summed E-state index contributed by atoms with van der Waals surface area (Å²) in [6.45, 7) is 11.5. The van der Waals surface area contributed by atoms with E-state index in [4.69, 9.17) is 0 Å². The van der Waals surface area contributed by atoms with Gasteiger partial charge in [0.15, 0.2) is 0 Å². The van der Waals surface area contributed by atoms with Crippen LogP contribution in [0.2, 0.25) is 0 Å². The van der Waals surface area contributed by atoms with Crippen molar-refractivity contribution >= 4 is 29.5 Å². The van der Waals surface area contributed by atoms with Crippen molar-refractivity contribution in [2.24, 2.45) is 0 Å². The van der Waals surface area contributed by atoms with Crippen molar-refractivity contribution < 1.29 is 14.4 Å². The zero-order chi connectivity index (χ0) is 20.3. The molecule has 0 aliphatic rings. The van der Waals surface area contributed by atoms with E-state index in [1.807, 2.05) is 44.4 Å². The minimum atomic E-state index is -0.423. The number of thioether (sulfide) groups is 1. The molecule has 0 fully saturated rings. The Morgan fingerprint density at radius 1 is 0.885 bits per heavy atom. The third-order valence-electron chi connectivity index (χ3n) is 4.37. The van der Waals surface area contributed by atoms with E-state index >= 15 is 0 Å². The summed E-state index contributed by atoms with van der Waals surface area (Å²) in [6, 6.07) is 0. The summed E-state index contributed by atoms with van der Waals surface area (Å²) >= 11 is 1.68. The molecule has 0 aromatic rings. The fourth-order valence-electron chi connectivity index (χ4n) is 2.75. The van der Waals surface area contributed by atoms with Gasteiger partial charge < -0.3 is 14.7 Å². The summed E-state index contributed by atoms with van der Waals surface area (Å²) in [5, 5.41) is 0. The van der Waals surface area contributed by atoms with Crippen molar-refractivity contribution in [2.75, 3.05) is 45.2 Å². The molecular weight excluding hydrogens is 350 g/mol. The highest BCUT2D eigenvalue weighted by Gasteiger charge is 2.32. The molecule has 0 N–H and O–H groups in total. The highest BCUT2D eigenvalue weighted by atomic mass is 32.2. The number of hydrogen-bond donors (Lipinski definition) is 0. The van der Waals surface area contributed by atoms with E-state index in [1.54, 1.807) is 30.8 Å². The third-order valence-corrected chi connectivity index (χ3v) is 5.33. The molecule has 0 aliphatic carbocycles. The molecule has 0 aromatic heterocycles. The topological polar surface area (TPSA) is 60.9 Å². The van der Waals surface area contributed by atoms with Gasteiger partial charge in [-0.1, -0.05) is 13.8 Å². The second kappa shape index (κ2) is 12.2. The summed E-state index contributed by atoms with van der Waals surface area (Å²) in [5.74, 6) is 1.86. The van der Waals surface area contributed by atoms with E-state index in [2.05, 4.69) is 0 Å². The summed E-state index contributed by atoms with van der Waals surface area (Å²) < 4.78 is 0. The second-order valence-corrected chi connectivity index (χ2v) is 8.35. The Kier molecular flexibility index (Phi) is 11.6. The molecule has 0 heterocycles. The molecule has 0 spiro atoms. The molecule has 7 heteroatoms. The van der Waals surface area contributed by atoms with Crippen LogP contribution in [0.25, 0.3) is 0 Å². The maximum atomic E-state index is 12.5. The molecule has 0 aliphatic heterocycles. The number of carbonyl (C=O) groups is 3. The van der Waals surface area contributed by atoms with Crippen LogP contribution in [0.4, 0.5) is 0 Å². The zero-order valence-corrected chi connectivity index (χ0v) is 18.4. The molecule has 3 amide bonds. The summed E-state index contributed by atoms with van der Waals surface area (Å²) in [5.41, 5.74) is -0.423. The first-order valence-corrected chi connectivity index (χ1v) is 10.6. The maximum absolute atomic E-state index is 12.5. The van der Waals surface area contributed by atoms with E-state index in [9.17, 15) is 14.4 Å². The average molecular weight is 388 g/mol. The average Bonchev–Trinajstić information content (AvgIpc) is 2.60. The molecule has 26 heavy (non-hydrogen) atoms. The molecule has 0 saturated heterocycles. The molecule has 152 valence electrons. The van der Waals surface area contributed by atoms with Gasteiger partial charge in [0, 0.05) is 64.5 Å². The van der Waals surface area contributed by atoms with Crippen LogP contribution in [0, 0.1) is 0 Å². The van der Waals surface area contributed by atoms with E-state index in [-0.39, 0.29) is 17.7 Å². The number of nitrogens with zero attached hydrogens (tertiary/aromatic N) is 3. The van der Waals surface area contributed by atoms with Gasteiger partial charge in [0.05, 0.1) is 5.54 Å². The second-order valence-electron chi connectivity index (χ2n) is 7.12. The lowest BCUT2D eigenvalue weighted by atomic mass is 10.0. The van der Waals surface area contributed by atoms with Crippen LogP contribution in [-0.2, 0) is 14.4 Å². The van der Waals surface area contributed by atoms with Crippen molar-refractivity contribution in [2.45, 2.75) is 59.4 Å². The Hall–Kier alpha value is -1.24. The van der Waals surface area contributed by atoms with Crippen molar-refractivity contribution in [1.29, 1.82) is 0 Å². The van der Waals surface area contributed by atoms with Crippen molar-refractivity contribution in [3.63, 3.8) is 0 Å². The molecule has 0 rings (SSSR count). The normalized spacial score (nSPS) is 11.2. The number of carbonyl (C=O) groups excluding carboxylic acids is 3. The molecule has 0 aromatic carbocycles. The number of hydrogen-bond acceptors (Lipinski definition) is 4. The van der Waals surface area contributed by atoms with Gasteiger partial charge in [-0.15, -0.1) is 0 Å². The number of likely N-dealkylation sites (N-methyl/N-ethyl adjacent to an activating group) is 1. The summed E-state index contributed by atoms with van der Waals surface area (Å²) in [7, 11) is 3.52. The Morgan fingerprint density at radius 2 is 1.46 bits per heavy atom. The Balaban J connectivity index is 4.78. The Bertz CT molecular complexity index is 467. The van der Waals surface area contributed by atoms with Gasteiger partial charge in [0.1, 0.15) is 0 Å². The molecule has 0 radical (unpaired) electrons. The lowest BCUT2D eigenvalue weighted by Crippen LogP contribution is -2.55. The highest BCUT2D eigenvalue weighted by molar-refractivity contribution is 7.99. The minimum Gasteiger partial charge on any atom is -0.349 e. The van der Waals surface area contributed by atoms with Crippen LogP contribution < -0.4 is 0 Å². The predicted molar refractivity (Wildman–Crippen MR) is 109 cm³/mol. The van der Waals surface area contributed by atoms with Crippen LogP contribution in [0.1, 0.15) is 53.9 Å². The smallest absolute Gasteiger partial charge is 0.222 e. The van der Waals surface area contributed by atoms with Crippen molar-refractivity contribution in [1.82, 2.24) is 14.7 Å². The first-order valence-electron chi connectivity index (χ1n) is 9.46. The molecule has 0 saturated carbocycles. The third kappa shape index (κ3) is 8.43. The first kappa shape index (κ1) is 24.8. The van der Waals surface area contributed by atoms with Crippen molar-refractivity contribution in [3.05, 3.63) is 0 Å². The quantitative estimate of drug-likeness (QED) is 0.483. The lowest BCUT2D eigenvalue weighted by Gasteiger charge is -2.41. The van der Waals surface area contributed by atoms with Crippen LogP contribution in [0.15, 0.2) is 0 Å². The van der Waals surface area contributed by atoms with Gasteiger partial charge in [0.25, 0.3) is 0 Å². The van der Waals surface area contributed by atoms with E-state index < -0.39 is 5.54 Å². The van der Waals surface area contributed by atoms with Crippen LogP contribution in [-0.4, -0.2) is 83.2 Å². The fraction of sp³-hybridized carbons (Fsp3) is 0.842. The van der Waals surface area contributed by atoms with Gasteiger partial charge in [-0.2, -0.15) is 11.8 Å². The Morgan fingerprint density at radius 3 is 1.92 bits per heavy atom. The lowest BCUT2D eigenvalue weighted by molar-refractivity contribution is -0.140. The van der Waals surface area contributed by atoms with Crippen LogP contribution in [0.5, 0.6) is 0 Å². The van der Waals surface area contributed by atoms with Gasteiger partial charge in [-0.05, 0) is 20.8 Å². The zero-order valence-electron chi connectivity index (χ0n) is 17.6. The SMILES string of the molecule is CCC(=O)N(CC)CC(C)(C)N(CCSCCC(=O)N(C)C)C(=O)CC. The summed E-state index contributed by atoms with van der Waals surface area (Å²) in [4.78, 5) is 41.5. The number of amides is 3. The fourth-order valence-corrected chi connectivity index (χ4v) is 3.58. The van der Waals surface area contributed by atoms with Gasteiger partial charge in [0.2, 0.25) is 17.7 Å². The van der Waals surface area contributed by atoms with Gasteiger partial charge in [-0.3, -0.25) is 14.4 Å². The van der Waals surface area contributed by atoms with Crippen LogP contribution >= 0.6 is 11.8 Å². The van der Waals surface area contributed by atoms with E-state index in [0.29, 0.717) is 38.9 Å². The molecular formula is C19H37N3O3S. The molecule has 0 bridgehead atoms. The largest absolute Gasteiger partial charge is 0.349 e. The van der Waals surface area contributed by atoms with E-state index in [0.717, 1.165) is 11.5 Å². The van der Waals surface area contributed by atoms with Gasteiger partial charge in [-0.25, -0.2) is 0 Å². The maximum Gasteiger partial charge on any atom is 0.222 e. The molecule has 0 atom stereocenters. The van der Waals surface area contributed by atoms with Gasteiger partial charge >= 0.3 is 0 Å². The summed E-state index contributed by atoms with van der Waals surface area (Å²) in [6.07, 6.45) is 1.43. The standard InChI is InChI=1S/C19H37N3O3S/c1-8-16(23)21(10-3)15-19(4,5)22(17(24)9-2)12-14-26-13-11-18(25)20(6)7/h8-15H2,1-7H3. The highest BCUT2D eigenvalue weighted by Crippen LogP contribution is 2.19. The number of rotatable bonds is 12. The molecule has 0 unspecified atom stereocenters. The minimum absolute atomic E-state index is 0.0972.